The molecule has 1 fully saturated rings. The van der Waals surface area contributed by atoms with Crippen molar-refractivity contribution in [2.45, 2.75) is 63.4 Å². The normalized spacial score (nSPS) is 15.7. The quantitative estimate of drug-likeness (QED) is 0.415. The number of likely N-dealkylation sites (tertiary alicyclic amines) is 1. The van der Waals surface area contributed by atoms with Crippen LogP contribution < -0.4 is 4.72 Å². The number of nitrogens with zero attached hydrogens (tertiary/aromatic N) is 1. The van der Waals surface area contributed by atoms with Crippen LogP contribution in [0, 0.1) is 6.92 Å². The molecule has 1 N–H and O–H groups in total. The minimum atomic E-state index is -3.52. The Balaban J connectivity index is 1.33. The zero-order valence-electron chi connectivity index (χ0n) is 19.6. The number of hydrogen-bond acceptors (Lipinski definition) is 4. The van der Waals surface area contributed by atoms with Crippen molar-refractivity contribution in [1.82, 2.24) is 9.62 Å². The van der Waals surface area contributed by atoms with Crippen LogP contribution in [0.5, 0.6) is 0 Å². The molecule has 0 radical (unpaired) electrons. The molecule has 0 amide bonds. The van der Waals surface area contributed by atoms with E-state index in [1.165, 1.54) is 21.6 Å². The van der Waals surface area contributed by atoms with Gasteiger partial charge in [0.1, 0.15) is 0 Å². The van der Waals surface area contributed by atoms with E-state index in [0.29, 0.717) is 17.4 Å². The maximum Gasteiger partial charge on any atom is 0.240 e. The Morgan fingerprint density at radius 2 is 1.79 bits per heavy atom. The summed E-state index contributed by atoms with van der Waals surface area (Å²) in [5, 5.41) is 2.18. The molecule has 0 bridgehead atoms. The zero-order chi connectivity index (χ0) is 23.3. The second-order valence-electron chi connectivity index (χ2n) is 9.04. The Kier molecular flexibility index (Phi) is 8.02. The van der Waals surface area contributed by atoms with Crippen molar-refractivity contribution in [3.05, 3.63) is 87.1 Å². The summed E-state index contributed by atoms with van der Waals surface area (Å²) in [6.07, 6.45) is 4.30. The SMILES string of the molecule is CCCc1ccc(S(=O)(=O)NCc2cccc(C3CCN(Cc4sccc4C)CC3)c2)cc1. The summed E-state index contributed by atoms with van der Waals surface area (Å²) in [7, 11) is -3.52. The van der Waals surface area contributed by atoms with Crippen molar-refractivity contribution in [2.24, 2.45) is 0 Å². The highest BCUT2D eigenvalue weighted by molar-refractivity contribution is 7.89. The van der Waals surface area contributed by atoms with Crippen LogP contribution in [0.4, 0.5) is 0 Å². The lowest BCUT2D eigenvalue weighted by Crippen LogP contribution is -2.32. The van der Waals surface area contributed by atoms with Crippen molar-refractivity contribution >= 4 is 21.4 Å². The van der Waals surface area contributed by atoms with Gasteiger partial charge in [-0.3, -0.25) is 4.90 Å². The standard InChI is InChI=1S/C27H34N2O2S2/c1-3-5-22-8-10-26(11-9-22)33(30,31)28-19-23-6-4-7-25(18-23)24-12-15-29(16-13-24)20-27-21(2)14-17-32-27/h4,6-11,14,17-18,24,28H,3,5,12-13,15-16,19-20H2,1-2H3. The fourth-order valence-electron chi connectivity index (χ4n) is 4.54. The van der Waals surface area contributed by atoms with Crippen LogP contribution in [-0.4, -0.2) is 26.4 Å². The van der Waals surface area contributed by atoms with Crippen molar-refractivity contribution in [1.29, 1.82) is 0 Å². The predicted octanol–water partition coefficient (Wildman–Crippen LogP) is 5.87. The first kappa shape index (κ1) is 24.1. The van der Waals surface area contributed by atoms with Crippen LogP contribution in [0.15, 0.2) is 64.9 Å². The van der Waals surface area contributed by atoms with Crippen molar-refractivity contribution < 1.29 is 8.42 Å². The summed E-state index contributed by atoms with van der Waals surface area (Å²) >= 11 is 1.85. The molecule has 2 heterocycles. The van der Waals surface area contributed by atoms with E-state index < -0.39 is 10.0 Å². The fraction of sp³-hybridized carbons (Fsp3) is 0.407. The monoisotopic (exact) mass is 482 g/mol. The maximum atomic E-state index is 12.7. The van der Waals surface area contributed by atoms with Crippen LogP contribution in [0.1, 0.15) is 59.2 Å². The largest absolute Gasteiger partial charge is 0.298 e. The van der Waals surface area contributed by atoms with E-state index in [0.717, 1.165) is 50.9 Å². The topological polar surface area (TPSA) is 49.4 Å². The number of sulfonamides is 1. The number of nitrogens with one attached hydrogen (secondary N) is 1. The Morgan fingerprint density at radius 3 is 2.45 bits per heavy atom. The Hall–Kier alpha value is -1.99. The summed E-state index contributed by atoms with van der Waals surface area (Å²) in [5.74, 6) is 0.536. The molecule has 1 aromatic heterocycles. The molecule has 4 rings (SSSR count). The van der Waals surface area contributed by atoms with E-state index >= 15 is 0 Å². The van der Waals surface area contributed by atoms with E-state index in [9.17, 15) is 8.42 Å². The van der Waals surface area contributed by atoms with E-state index in [4.69, 9.17) is 0 Å². The van der Waals surface area contributed by atoms with Gasteiger partial charge in [0.25, 0.3) is 0 Å². The zero-order valence-corrected chi connectivity index (χ0v) is 21.2. The highest BCUT2D eigenvalue weighted by atomic mass is 32.2. The Labute approximate surface area is 202 Å². The van der Waals surface area contributed by atoms with E-state index in [-0.39, 0.29) is 0 Å². The molecule has 1 aliphatic heterocycles. The third-order valence-electron chi connectivity index (χ3n) is 6.58. The molecule has 0 spiro atoms. The molecule has 176 valence electrons. The number of rotatable bonds is 9. The fourth-order valence-corrected chi connectivity index (χ4v) is 6.50. The van der Waals surface area contributed by atoms with Crippen LogP contribution >= 0.6 is 11.3 Å². The average Bonchev–Trinajstić information content (AvgIpc) is 3.23. The number of benzene rings is 2. The summed E-state index contributed by atoms with van der Waals surface area (Å²) in [6, 6.07) is 17.9. The van der Waals surface area contributed by atoms with Gasteiger partial charge in [0, 0.05) is 18.0 Å². The van der Waals surface area contributed by atoms with Gasteiger partial charge in [0.15, 0.2) is 0 Å². The van der Waals surface area contributed by atoms with Gasteiger partial charge in [-0.1, -0.05) is 49.7 Å². The highest BCUT2D eigenvalue weighted by Crippen LogP contribution is 2.30. The number of thiophene rings is 1. The molecule has 33 heavy (non-hydrogen) atoms. The molecule has 1 aliphatic rings. The van der Waals surface area contributed by atoms with Gasteiger partial charge in [-0.05, 0) is 91.0 Å². The molecule has 2 aromatic carbocycles. The smallest absolute Gasteiger partial charge is 0.240 e. The summed E-state index contributed by atoms with van der Waals surface area (Å²) in [4.78, 5) is 4.36. The van der Waals surface area contributed by atoms with Crippen LogP contribution in [-0.2, 0) is 29.5 Å². The molecule has 0 atom stereocenters. The molecule has 0 unspecified atom stereocenters. The first-order valence-corrected chi connectivity index (χ1v) is 14.2. The lowest BCUT2D eigenvalue weighted by atomic mass is 9.88. The molecule has 1 saturated heterocycles. The Bertz CT molecular complexity index is 1140. The van der Waals surface area contributed by atoms with Crippen LogP contribution in [0.25, 0.3) is 0 Å². The minimum Gasteiger partial charge on any atom is -0.298 e. The third kappa shape index (κ3) is 6.33. The summed E-state index contributed by atoms with van der Waals surface area (Å²) in [5.41, 5.74) is 4.90. The van der Waals surface area contributed by atoms with E-state index in [1.54, 1.807) is 12.1 Å². The summed E-state index contributed by atoms with van der Waals surface area (Å²) in [6.45, 7) is 7.89. The van der Waals surface area contributed by atoms with Gasteiger partial charge in [0.05, 0.1) is 4.90 Å². The number of hydrogen-bond donors (Lipinski definition) is 1. The molecular formula is C27H34N2O2S2. The van der Waals surface area contributed by atoms with E-state index in [1.807, 2.05) is 29.5 Å². The van der Waals surface area contributed by atoms with Gasteiger partial charge in [-0.2, -0.15) is 0 Å². The van der Waals surface area contributed by atoms with Gasteiger partial charge >= 0.3 is 0 Å². The first-order chi connectivity index (χ1) is 15.9. The average molecular weight is 483 g/mol. The molecular weight excluding hydrogens is 448 g/mol. The number of piperidine rings is 1. The third-order valence-corrected chi connectivity index (χ3v) is 9.01. The van der Waals surface area contributed by atoms with Gasteiger partial charge in [0.2, 0.25) is 10.0 Å². The van der Waals surface area contributed by atoms with Crippen LogP contribution in [0.3, 0.4) is 0 Å². The molecule has 0 aliphatic carbocycles. The molecule has 4 nitrogen and oxygen atoms in total. The minimum absolute atomic E-state index is 0.309. The van der Waals surface area contributed by atoms with Crippen molar-refractivity contribution in [3.8, 4) is 0 Å². The van der Waals surface area contributed by atoms with Gasteiger partial charge in [-0.15, -0.1) is 11.3 Å². The lowest BCUT2D eigenvalue weighted by molar-refractivity contribution is 0.206. The second kappa shape index (κ2) is 11.0. The summed E-state index contributed by atoms with van der Waals surface area (Å²) < 4.78 is 28.2. The van der Waals surface area contributed by atoms with Gasteiger partial charge < -0.3 is 0 Å². The van der Waals surface area contributed by atoms with E-state index in [2.05, 4.69) is 53.1 Å². The van der Waals surface area contributed by atoms with Crippen molar-refractivity contribution in [3.63, 3.8) is 0 Å². The van der Waals surface area contributed by atoms with Gasteiger partial charge in [-0.25, -0.2) is 13.1 Å². The molecule has 0 saturated carbocycles. The first-order valence-electron chi connectivity index (χ1n) is 11.9. The van der Waals surface area contributed by atoms with Crippen LogP contribution in [0.2, 0.25) is 0 Å². The highest BCUT2D eigenvalue weighted by Gasteiger charge is 2.22. The molecule has 6 heteroatoms. The Morgan fingerprint density at radius 1 is 1.03 bits per heavy atom. The lowest BCUT2D eigenvalue weighted by Gasteiger charge is -2.32. The molecule has 3 aromatic rings. The number of aryl methyl sites for hydroxylation is 2. The predicted molar refractivity (Wildman–Crippen MR) is 137 cm³/mol. The second-order valence-corrected chi connectivity index (χ2v) is 11.8. The van der Waals surface area contributed by atoms with Crippen molar-refractivity contribution in [2.75, 3.05) is 13.1 Å². The maximum absolute atomic E-state index is 12.7.